The summed E-state index contributed by atoms with van der Waals surface area (Å²) in [6, 6.07) is 4.59. The zero-order valence-corrected chi connectivity index (χ0v) is 12.6. The lowest BCUT2D eigenvalue weighted by atomic mass is 9.95. The Labute approximate surface area is 116 Å². The molecule has 0 bridgehead atoms. The molecule has 0 aliphatic rings. The van der Waals surface area contributed by atoms with Gasteiger partial charge in [-0.25, -0.2) is 4.39 Å². The molecule has 1 rings (SSSR count). The summed E-state index contributed by atoms with van der Waals surface area (Å²) in [5, 5.41) is 0. The molecule has 0 fully saturated rings. The quantitative estimate of drug-likeness (QED) is 0.625. The molecule has 5 heteroatoms. The Morgan fingerprint density at radius 2 is 2.17 bits per heavy atom. The highest BCUT2D eigenvalue weighted by Crippen LogP contribution is 2.29. The molecule has 0 saturated carbocycles. The Bertz CT molecular complexity index is 399. The molecule has 1 atom stereocenters. The second-order valence-electron chi connectivity index (χ2n) is 4.89. The van der Waals surface area contributed by atoms with E-state index in [0.717, 1.165) is 22.9 Å². The highest BCUT2D eigenvalue weighted by atomic mass is 79.9. The van der Waals surface area contributed by atoms with Gasteiger partial charge in [0.2, 0.25) is 0 Å². The van der Waals surface area contributed by atoms with Crippen molar-refractivity contribution in [2.75, 3.05) is 7.11 Å². The second-order valence-corrected chi connectivity index (χ2v) is 5.74. The Balaban J connectivity index is 2.77. The van der Waals surface area contributed by atoms with Crippen molar-refractivity contribution in [3.8, 4) is 0 Å². The first kappa shape index (κ1) is 15.6. The fourth-order valence-electron chi connectivity index (χ4n) is 1.71. The molecular formula is C13H20BrFN2O. The molecule has 0 aromatic heterocycles. The van der Waals surface area contributed by atoms with Crippen LogP contribution in [0.1, 0.15) is 38.3 Å². The number of benzene rings is 1. The number of hydrogen-bond acceptors (Lipinski definition) is 3. The molecule has 102 valence electrons. The predicted octanol–water partition coefficient (Wildman–Crippen LogP) is 3.30. The normalized spacial score (nSPS) is 13.7. The first-order valence-corrected chi connectivity index (χ1v) is 6.65. The minimum atomic E-state index is -0.265. The van der Waals surface area contributed by atoms with Crippen LogP contribution >= 0.6 is 15.9 Å². The summed E-state index contributed by atoms with van der Waals surface area (Å²) in [5.41, 5.74) is 3.52. The van der Waals surface area contributed by atoms with Crippen LogP contribution in [0.4, 0.5) is 4.39 Å². The molecule has 0 radical (unpaired) electrons. The Hall–Kier alpha value is -0.490. The molecular weight excluding hydrogens is 299 g/mol. The van der Waals surface area contributed by atoms with Crippen LogP contribution in [0.15, 0.2) is 22.7 Å². The SMILES string of the molecule is COC(C)(C)CCC(NN)c1ccc(F)cc1Br. The van der Waals surface area contributed by atoms with Crippen molar-refractivity contribution in [3.63, 3.8) is 0 Å². The number of hydrazine groups is 1. The maximum atomic E-state index is 13.0. The highest BCUT2D eigenvalue weighted by molar-refractivity contribution is 9.10. The number of hydrogen-bond donors (Lipinski definition) is 2. The second kappa shape index (κ2) is 6.61. The van der Waals surface area contributed by atoms with E-state index in [1.165, 1.54) is 12.1 Å². The maximum absolute atomic E-state index is 13.0. The van der Waals surface area contributed by atoms with E-state index < -0.39 is 0 Å². The van der Waals surface area contributed by atoms with Crippen LogP contribution in [0, 0.1) is 5.82 Å². The van der Waals surface area contributed by atoms with E-state index in [4.69, 9.17) is 10.6 Å². The van der Waals surface area contributed by atoms with Crippen LogP contribution < -0.4 is 11.3 Å². The van der Waals surface area contributed by atoms with Crippen molar-refractivity contribution in [1.29, 1.82) is 0 Å². The molecule has 0 amide bonds. The average molecular weight is 319 g/mol. The minimum Gasteiger partial charge on any atom is -0.379 e. The van der Waals surface area contributed by atoms with Gasteiger partial charge in [-0.05, 0) is 44.4 Å². The molecule has 0 spiro atoms. The molecule has 0 heterocycles. The van der Waals surface area contributed by atoms with Gasteiger partial charge in [-0.15, -0.1) is 0 Å². The Kier molecular flexibility index (Phi) is 5.72. The summed E-state index contributed by atoms with van der Waals surface area (Å²) in [6.45, 7) is 4.06. The van der Waals surface area contributed by atoms with E-state index in [1.54, 1.807) is 13.2 Å². The van der Waals surface area contributed by atoms with Gasteiger partial charge in [0.05, 0.1) is 5.60 Å². The minimum absolute atomic E-state index is 0.0330. The number of nitrogens with two attached hydrogens (primary N) is 1. The van der Waals surface area contributed by atoms with Crippen molar-refractivity contribution in [2.45, 2.75) is 38.3 Å². The van der Waals surface area contributed by atoms with Gasteiger partial charge in [0.15, 0.2) is 0 Å². The van der Waals surface area contributed by atoms with Gasteiger partial charge in [-0.2, -0.15) is 0 Å². The van der Waals surface area contributed by atoms with Crippen molar-refractivity contribution in [2.24, 2.45) is 5.84 Å². The molecule has 3 nitrogen and oxygen atoms in total. The summed E-state index contributed by atoms with van der Waals surface area (Å²) in [4.78, 5) is 0. The molecule has 1 aromatic carbocycles. The van der Waals surface area contributed by atoms with Crippen LogP contribution in [0.2, 0.25) is 0 Å². The van der Waals surface area contributed by atoms with Crippen LogP contribution in [-0.2, 0) is 4.74 Å². The third kappa shape index (κ3) is 4.31. The third-order valence-electron chi connectivity index (χ3n) is 3.13. The molecule has 0 aliphatic heterocycles. The van der Waals surface area contributed by atoms with Gasteiger partial charge < -0.3 is 4.74 Å². The monoisotopic (exact) mass is 318 g/mol. The van der Waals surface area contributed by atoms with Crippen LogP contribution in [0.25, 0.3) is 0 Å². The van der Waals surface area contributed by atoms with E-state index in [-0.39, 0.29) is 17.5 Å². The molecule has 18 heavy (non-hydrogen) atoms. The van der Waals surface area contributed by atoms with Gasteiger partial charge in [0.1, 0.15) is 5.82 Å². The first-order chi connectivity index (χ1) is 8.39. The predicted molar refractivity (Wildman–Crippen MR) is 74.5 cm³/mol. The first-order valence-electron chi connectivity index (χ1n) is 5.86. The van der Waals surface area contributed by atoms with Gasteiger partial charge in [0, 0.05) is 17.6 Å². The third-order valence-corrected chi connectivity index (χ3v) is 3.81. The van der Waals surface area contributed by atoms with Crippen LogP contribution in [0.3, 0.4) is 0 Å². The van der Waals surface area contributed by atoms with E-state index in [2.05, 4.69) is 21.4 Å². The molecule has 1 unspecified atom stereocenters. The largest absolute Gasteiger partial charge is 0.379 e. The Morgan fingerprint density at radius 3 is 2.67 bits per heavy atom. The van der Waals surface area contributed by atoms with E-state index in [1.807, 2.05) is 13.8 Å². The maximum Gasteiger partial charge on any atom is 0.124 e. The topological polar surface area (TPSA) is 47.3 Å². The summed E-state index contributed by atoms with van der Waals surface area (Å²) in [7, 11) is 1.69. The van der Waals surface area contributed by atoms with E-state index in [0.29, 0.717) is 0 Å². The number of rotatable bonds is 6. The van der Waals surface area contributed by atoms with Crippen LogP contribution in [-0.4, -0.2) is 12.7 Å². The summed E-state index contributed by atoms with van der Waals surface area (Å²) in [6.07, 6.45) is 1.66. The van der Waals surface area contributed by atoms with Crippen molar-refractivity contribution in [3.05, 3.63) is 34.1 Å². The van der Waals surface area contributed by atoms with Gasteiger partial charge >= 0.3 is 0 Å². The number of halogens is 2. The average Bonchev–Trinajstić information content (AvgIpc) is 2.32. The van der Waals surface area contributed by atoms with Gasteiger partial charge in [-0.3, -0.25) is 11.3 Å². The standard InChI is InChI=1S/C13H20BrFN2O/c1-13(2,18-3)7-6-12(17-16)10-5-4-9(15)8-11(10)14/h4-5,8,12,17H,6-7,16H2,1-3H3. The van der Waals surface area contributed by atoms with Crippen molar-refractivity contribution < 1.29 is 9.13 Å². The van der Waals surface area contributed by atoms with Crippen molar-refractivity contribution >= 4 is 15.9 Å². The number of nitrogens with one attached hydrogen (secondary N) is 1. The smallest absolute Gasteiger partial charge is 0.124 e. The summed E-state index contributed by atoms with van der Waals surface area (Å²) >= 11 is 3.36. The fraction of sp³-hybridized carbons (Fsp3) is 0.538. The Morgan fingerprint density at radius 1 is 1.50 bits per heavy atom. The van der Waals surface area contributed by atoms with E-state index in [9.17, 15) is 4.39 Å². The van der Waals surface area contributed by atoms with Crippen LogP contribution in [0.5, 0.6) is 0 Å². The van der Waals surface area contributed by atoms with Crippen molar-refractivity contribution in [1.82, 2.24) is 5.43 Å². The summed E-state index contributed by atoms with van der Waals surface area (Å²) in [5.74, 6) is 5.31. The molecule has 1 aromatic rings. The van der Waals surface area contributed by atoms with Gasteiger partial charge in [0.25, 0.3) is 0 Å². The lowest BCUT2D eigenvalue weighted by Gasteiger charge is -2.26. The lowest BCUT2D eigenvalue weighted by molar-refractivity contribution is 0.0116. The zero-order valence-electron chi connectivity index (χ0n) is 11.0. The van der Waals surface area contributed by atoms with Gasteiger partial charge in [-0.1, -0.05) is 22.0 Å². The molecule has 3 N–H and O–H groups in total. The highest BCUT2D eigenvalue weighted by Gasteiger charge is 2.21. The zero-order chi connectivity index (χ0) is 13.8. The number of ether oxygens (including phenoxy) is 1. The van der Waals surface area contributed by atoms with E-state index >= 15 is 0 Å². The molecule has 0 aliphatic carbocycles. The summed E-state index contributed by atoms with van der Waals surface area (Å²) < 4.78 is 19.1. The number of methoxy groups -OCH3 is 1. The fourth-order valence-corrected chi connectivity index (χ4v) is 2.33. The lowest BCUT2D eigenvalue weighted by Crippen LogP contribution is -2.31. The molecule has 0 saturated heterocycles.